The minimum absolute atomic E-state index is 0.0551. The quantitative estimate of drug-likeness (QED) is 0.194. The van der Waals surface area contributed by atoms with Gasteiger partial charge in [0.15, 0.2) is 28.1 Å². The Balaban J connectivity index is 1.77. The summed E-state index contributed by atoms with van der Waals surface area (Å²) in [4.78, 5) is 23.8. The zero-order valence-corrected chi connectivity index (χ0v) is 18.6. The Morgan fingerprint density at radius 1 is 1.09 bits per heavy atom. The van der Waals surface area contributed by atoms with E-state index in [1.807, 2.05) is 24.3 Å². The van der Waals surface area contributed by atoms with Crippen LogP contribution in [-0.2, 0) is 0 Å². The summed E-state index contributed by atoms with van der Waals surface area (Å²) >= 11 is 12.1. The number of H-pyrrole nitrogens is 1. The number of ketones is 1. The molecule has 33 heavy (non-hydrogen) atoms. The molecule has 0 amide bonds. The number of hydrogen-bond acceptors (Lipinski definition) is 7. The Morgan fingerprint density at radius 3 is 2.67 bits per heavy atom. The molecule has 5 aromatic rings. The second-order valence-electron chi connectivity index (χ2n) is 7.19. The number of rotatable bonds is 5. The lowest BCUT2D eigenvalue weighted by atomic mass is 9.98. The molecule has 0 radical (unpaired) electrons. The first-order valence-electron chi connectivity index (χ1n) is 9.84. The van der Waals surface area contributed by atoms with Gasteiger partial charge < -0.3 is 10.1 Å². The Hall–Kier alpha value is -3.66. The number of azo groups is 1. The van der Waals surface area contributed by atoms with Gasteiger partial charge in [0, 0.05) is 11.1 Å². The monoisotopic (exact) mass is 479 g/mol. The normalized spacial score (nSPS) is 12.7. The lowest BCUT2D eigenvalue weighted by Gasteiger charge is -2.09. The first-order chi connectivity index (χ1) is 16.0. The Morgan fingerprint density at radius 2 is 1.85 bits per heavy atom. The first kappa shape index (κ1) is 21.2. The number of aliphatic hydroxyl groups is 1. The van der Waals surface area contributed by atoms with Gasteiger partial charge in [0.25, 0.3) is 0 Å². The van der Waals surface area contributed by atoms with Crippen molar-refractivity contribution in [3.05, 3.63) is 70.6 Å². The number of aromatic nitrogens is 5. The highest BCUT2D eigenvalue weighted by Crippen LogP contribution is 2.38. The van der Waals surface area contributed by atoms with Gasteiger partial charge >= 0.3 is 0 Å². The lowest BCUT2D eigenvalue weighted by molar-refractivity contribution is 0.0780. The predicted octanol–water partition coefficient (Wildman–Crippen LogP) is 5.56. The molecular weight excluding hydrogens is 465 g/mol. The van der Waals surface area contributed by atoms with E-state index in [0.29, 0.717) is 28.2 Å². The molecule has 0 saturated heterocycles. The topological polar surface area (TPSA) is 121 Å². The average molecular weight is 480 g/mol. The first-order valence-corrected chi connectivity index (χ1v) is 10.6. The van der Waals surface area contributed by atoms with E-state index in [-0.39, 0.29) is 16.0 Å². The molecule has 0 aliphatic heterocycles. The number of para-hydroxylation sites is 2. The highest BCUT2D eigenvalue weighted by Gasteiger charge is 2.24. The van der Waals surface area contributed by atoms with Crippen LogP contribution in [0.15, 0.2) is 65.1 Å². The highest BCUT2D eigenvalue weighted by atomic mass is 35.5. The van der Waals surface area contributed by atoms with E-state index in [2.05, 4.69) is 25.2 Å². The third kappa shape index (κ3) is 3.66. The van der Waals surface area contributed by atoms with Crippen molar-refractivity contribution in [3.63, 3.8) is 0 Å². The molecule has 3 aromatic heterocycles. The molecule has 0 fully saturated rings. The average Bonchev–Trinajstić information content (AvgIpc) is 3.35. The molecule has 0 aliphatic carbocycles. The van der Waals surface area contributed by atoms with Crippen LogP contribution in [0.25, 0.3) is 27.9 Å². The molecule has 2 N–H and O–H groups in total. The second-order valence-corrected chi connectivity index (χ2v) is 7.92. The SMILES string of the molecule is CC(O)C(=O)c1ccccc1-c1nn2c([nH]c3ccccc32)c1/N=N/c1ncnc(Cl)c1Cl. The number of fused-ring (bicyclic) bond motifs is 3. The third-order valence-corrected chi connectivity index (χ3v) is 5.78. The summed E-state index contributed by atoms with van der Waals surface area (Å²) in [6.45, 7) is 1.42. The van der Waals surface area contributed by atoms with Crippen molar-refractivity contribution in [3.8, 4) is 11.3 Å². The largest absolute Gasteiger partial charge is 0.385 e. The van der Waals surface area contributed by atoms with Crippen LogP contribution in [0, 0.1) is 0 Å². The number of carbonyl (C=O) groups excluding carboxylic acids is 1. The predicted molar refractivity (Wildman–Crippen MR) is 125 cm³/mol. The van der Waals surface area contributed by atoms with Crippen molar-refractivity contribution in [2.75, 3.05) is 0 Å². The number of nitrogens with one attached hydrogen (secondary N) is 1. The van der Waals surface area contributed by atoms with E-state index in [4.69, 9.17) is 28.3 Å². The minimum Gasteiger partial charge on any atom is -0.385 e. The van der Waals surface area contributed by atoms with Gasteiger partial charge in [0.1, 0.15) is 23.1 Å². The lowest BCUT2D eigenvalue weighted by Crippen LogP contribution is -2.17. The summed E-state index contributed by atoms with van der Waals surface area (Å²) in [5, 5.41) is 23.3. The molecule has 0 bridgehead atoms. The molecule has 0 saturated carbocycles. The summed E-state index contributed by atoms with van der Waals surface area (Å²) in [5.74, 6) is -0.341. The van der Waals surface area contributed by atoms with Gasteiger partial charge in [0.05, 0.1) is 11.0 Å². The summed E-state index contributed by atoms with van der Waals surface area (Å²) in [7, 11) is 0. The van der Waals surface area contributed by atoms with E-state index >= 15 is 0 Å². The van der Waals surface area contributed by atoms with Gasteiger partial charge in [-0.2, -0.15) is 5.10 Å². The Kier molecular flexibility index (Phi) is 5.37. The number of halogens is 2. The molecular formula is C22H15Cl2N7O2. The maximum absolute atomic E-state index is 12.7. The van der Waals surface area contributed by atoms with Crippen LogP contribution >= 0.6 is 23.2 Å². The number of imidazole rings is 1. The van der Waals surface area contributed by atoms with E-state index in [1.54, 1.807) is 28.8 Å². The third-order valence-electron chi connectivity index (χ3n) is 5.05. The number of Topliss-reactive ketones (excluding diaryl/α,β-unsaturated/α-hetero) is 1. The number of carbonyl (C=O) groups is 1. The van der Waals surface area contributed by atoms with E-state index in [0.717, 1.165) is 11.0 Å². The van der Waals surface area contributed by atoms with Gasteiger partial charge in [0.2, 0.25) is 0 Å². The van der Waals surface area contributed by atoms with Gasteiger partial charge in [-0.1, -0.05) is 59.6 Å². The molecule has 9 nitrogen and oxygen atoms in total. The Bertz CT molecular complexity index is 1560. The van der Waals surface area contributed by atoms with E-state index < -0.39 is 11.9 Å². The fraction of sp³-hybridized carbons (Fsp3) is 0.0909. The number of nitrogens with zero attached hydrogens (tertiary/aromatic N) is 6. The maximum atomic E-state index is 12.7. The summed E-state index contributed by atoms with van der Waals surface area (Å²) in [6.07, 6.45) is 0.0582. The van der Waals surface area contributed by atoms with Crippen LogP contribution in [0.5, 0.6) is 0 Å². The van der Waals surface area contributed by atoms with Gasteiger partial charge in [-0.3, -0.25) is 4.79 Å². The fourth-order valence-corrected chi connectivity index (χ4v) is 3.76. The van der Waals surface area contributed by atoms with Crippen molar-refractivity contribution in [1.29, 1.82) is 0 Å². The van der Waals surface area contributed by atoms with Crippen LogP contribution in [-0.4, -0.2) is 41.6 Å². The Labute approximate surface area is 196 Å². The van der Waals surface area contributed by atoms with Crippen LogP contribution in [0.3, 0.4) is 0 Å². The number of hydrogen-bond donors (Lipinski definition) is 2. The molecule has 164 valence electrons. The smallest absolute Gasteiger partial charge is 0.197 e. The maximum Gasteiger partial charge on any atom is 0.197 e. The van der Waals surface area contributed by atoms with Crippen LogP contribution in [0.1, 0.15) is 17.3 Å². The van der Waals surface area contributed by atoms with E-state index in [9.17, 15) is 9.90 Å². The highest BCUT2D eigenvalue weighted by molar-refractivity contribution is 6.42. The van der Waals surface area contributed by atoms with Crippen LogP contribution in [0.4, 0.5) is 11.5 Å². The second kappa shape index (κ2) is 8.36. The molecule has 1 atom stereocenters. The number of benzene rings is 2. The molecule has 0 aliphatic rings. The molecule has 0 spiro atoms. The molecule has 2 aromatic carbocycles. The molecule has 3 heterocycles. The van der Waals surface area contributed by atoms with Crippen LogP contribution < -0.4 is 0 Å². The summed E-state index contributed by atoms with van der Waals surface area (Å²) in [6, 6.07) is 14.5. The molecule has 11 heteroatoms. The van der Waals surface area contributed by atoms with Crippen molar-refractivity contribution in [1.82, 2.24) is 24.6 Å². The van der Waals surface area contributed by atoms with Crippen molar-refractivity contribution < 1.29 is 9.90 Å². The number of aliphatic hydroxyl groups excluding tert-OH is 1. The van der Waals surface area contributed by atoms with Crippen molar-refractivity contribution in [2.24, 2.45) is 10.2 Å². The van der Waals surface area contributed by atoms with Gasteiger partial charge in [-0.05, 0) is 19.1 Å². The minimum atomic E-state index is -1.17. The van der Waals surface area contributed by atoms with Gasteiger partial charge in [-0.15, -0.1) is 10.2 Å². The van der Waals surface area contributed by atoms with E-state index in [1.165, 1.54) is 13.3 Å². The van der Waals surface area contributed by atoms with Crippen molar-refractivity contribution >= 4 is 57.2 Å². The van der Waals surface area contributed by atoms with Crippen LogP contribution in [0.2, 0.25) is 10.2 Å². The zero-order valence-electron chi connectivity index (χ0n) is 17.1. The standard InChI is InChI=1S/C22H15Cl2N7O2/c1-11(32)19(33)13-7-3-2-6-12(13)17-18(28-29-21-16(23)20(24)25-10-26-21)22-27-14-8-4-5-9-15(14)31(22)30-17/h2-11,27,32H,1H3/b29-28+. The summed E-state index contributed by atoms with van der Waals surface area (Å²) in [5.41, 5.74) is 3.81. The zero-order chi connectivity index (χ0) is 23.1. The summed E-state index contributed by atoms with van der Waals surface area (Å²) < 4.78 is 1.69. The molecule has 1 unspecified atom stereocenters. The van der Waals surface area contributed by atoms with Crippen molar-refractivity contribution in [2.45, 2.75) is 13.0 Å². The molecule has 5 rings (SSSR count). The fourth-order valence-electron chi connectivity index (χ4n) is 3.50. The number of aromatic amines is 1. The van der Waals surface area contributed by atoms with Gasteiger partial charge in [-0.25, -0.2) is 14.5 Å².